The number of carbonyl (C=O) groups is 1. The van der Waals surface area contributed by atoms with Crippen LogP contribution < -0.4 is 14.9 Å². The SMILES string of the molecule is O=C(NN=Cc1ccc(S(=O)(=O)O)o1)c1ccc2c(c1)OCO2. The molecule has 120 valence electrons. The van der Waals surface area contributed by atoms with Gasteiger partial charge in [0.2, 0.25) is 11.9 Å². The quantitative estimate of drug-likeness (QED) is 0.484. The summed E-state index contributed by atoms with van der Waals surface area (Å²) in [5, 5.41) is 3.03. The summed E-state index contributed by atoms with van der Waals surface area (Å²) in [6, 6.07) is 7.00. The Morgan fingerprint density at radius 2 is 2.00 bits per heavy atom. The van der Waals surface area contributed by atoms with Gasteiger partial charge in [0, 0.05) is 5.56 Å². The Morgan fingerprint density at radius 3 is 2.74 bits per heavy atom. The van der Waals surface area contributed by atoms with E-state index in [2.05, 4.69) is 10.5 Å². The molecule has 0 bridgehead atoms. The number of hydrazone groups is 1. The molecule has 0 radical (unpaired) electrons. The van der Waals surface area contributed by atoms with Gasteiger partial charge in [0.1, 0.15) is 5.76 Å². The maximum atomic E-state index is 11.9. The number of nitrogens with one attached hydrogen (secondary N) is 1. The highest BCUT2D eigenvalue weighted by molar-refractivity contribution is 7.85. The van der Waals surface area contributed by atoms with Crippen molar-refractivity contribution in [1.82, 2.24) is 5.43 Å². The van der Waals surface area contributed by atoms with E-state index >= 15 is 0 Å². The van der Waals surface area contributed by atoms with Crippen molar-refractivity contribution in [3.05, 3.63) is 41.7 Å². The van der Waals surface area contributed by atoms with E-state index in [0.29, 0.717) is 17.1 Å². The molecule has 2 aromatic rings. The highest BCUT2D eigenvalue weighted by Crippen LogP contribution is 2.32. The molecule has 0 fully saturated rings. The first kappa shape index (κ1) is 15.1. The molecule has 10 heteroatoms. The molecule has 0 spiro atoms. The molecule has 3 rings (SSSR count). The van der Waals surface area contributed by atoms with Crippen LogP contribution in [0.5, 0.6) is 11.5 Å². The van der Waals surface area contributed by atoms with E-state index in [0.717, 1.165) is 12.3 Å². The minimum atomic E-state index is -4.41. The van der Waals surface area contributed by atoms with Gasteiger partial charge in [-0.25, -0.2) is 5.43 Å². The zero-order valence-corrected chi connectivity index (χ0v) is 12.2. The Hall–Kier alpha value is -2.85. The predicted octanol–water partition coefficient (Wildman–Crippen LogP) is 1.02. The Bertz CT molecular complexity index is 885. The van der Waals surface area contributed by atoms with E-state index in [1.807, 2.05) is 0 Å². The van der Waals surface area contributed by atoms with E-state index in [1.54, 1.807) is 12.1 Å². The molecule has 9 nitrogen and oxygen atoms in total. The number of hydrogen-bond acceptors (Lipinski definition) is 7. The van der Waals surface area contributed by atoms with Gasteiger partial charge in [-0.1, -0.05) is 0 Å². The standard InChI is InChI=1S/C13H10N2O7S/c16-13(8-1-3-10-11(5-8)21-7-20-10)15-14-6-9-2-4-12(22-9)23(17,18)19/h1-6H,7H2,(H,15,16)(H,17,18,19). The highest BCUT2D eigenvalue weighted by atomic mass is 32.2. The van der Waals surface area contributed by atoms with Gasteiger partial charge >= 0.3 is 10.1 Å². The smallest absolute Gasteiger partial charge is 0.328 e. The van der Waals surface area contributed by atoms with Gasteiger partial charge < -0.3 is 13.9 Å². The number of furan rings is 1. The summed E-state index contributed by atoms with van der Waals surface area (Å²) >= 11 is 0. The molecule has 0 unspecified atom stereocenters. The lowest BCUT2D eigenvalue weighted by atomic mass is 10.2. The molecule has 0 atom stereocenters. The fourth-order valence-corrected chi connectivity index (χ4v) is 2.24. The summed E-state index contributed by atoms with van der Waals surface area (Å²) in [5.74, 6) is 0.563. The highest BCUT2D eigenvalue weighted by Gasteiger charge is 2.16. The maximum absolute atomic E-state index is 11.9. The van der Waals surface area contributed by atoms with Gasteiger partial charge in [-0.2, -0.15) is 13.5 Å². The van der Waals surface area contributed by atoms with E-state index in [4.69, 9.17) is 18.4 Å². The Balaban J connectivity index is 1.66. The lowest BCUT2D eigenvalue weighted by Gasteiger charge is -2.01. The molecule has 1 aliphatic heterocycles. The predicted molar refractivity (Wildman–Crippen MR) is 76.1 cm³/mol. The third kappa shape index (κ3) is 3.33. The van der Waals surface area contributed by atoms with Crippen molar-refractivity contribution in [1.29, 1.82) is 0 Å². The fourth-order valence-electron chi connectivity index (χ4n) is 1.80. The van der Waals surface area contributed by atoms with Crippen LogP contribution in [-0.2, 0) is 10.1 Å². The van der Waals surface area contributed by atoms with Gasteiger partial charge in [0.15, 0.2) is 11.5 Å². The van der Waals surface area contributed by atoms with Crippen LogP contribution in [0, 0.1) is 0 Å². The molecule has 2 heterocycles. The summed E-state index contributed by atoms with van der Waals surface area (Å²) < 4.78 is 45.6. The average Bonchev–Trinajstić information content (AvgIpc) is 3.14. The number of fused-ring (bicyclic) bond motifs is 1. The monoisotopic (exact) mass is 338 g/mol. The molecule has 1 aromatic heterocycles. The Morgan fingerprint density at radius 1 is 1.22 bits per heavy atom. The summed E-state index contributed by atoms with van der Waals surface area (Å²) in [7, 11) is -4.41. The van der Waals surface area contributed by atoms with Crippen molar-refractivity contribution in [2.75, 3.05) is 6.79 Å². The van der Waals surface area contributed by atoms with Crippen LogP contribution in [0.3, 0.4) is 0 Å². The summed E-state index contributed by atoms with van der Waals surface area (Å²) in [6.45, 7) is 0.104. The normalized spacial score (nSPS) is 13.4. The van der Waals surface area contributed by atoms with Crippen LogP contribution in [0.4, 0.5) is 0 Å². The van der Waals surface area contributed by atoms with Crippen molar-refractivity contribution in [3.8, 4) is 11.5 Å². The van der Waals surface area contributed by atoms with Crippen LogP contribution in [-0.4, -0.2) is 31.9 Å². The minimum absolute atomic E-state index is 0.0450. The Kier molecular flexibility index (Phi) is 3.76. The topological polar surface area (TPSA) is 127 Å². The van der Waals surface area contributed by atoms with Crippen molar-refractivity contribution in [2.45, 2.75) is 5.09 Å². The van der Waals surface area contributed by atoms with E-state index in [-0.39, 0.29) is 12.6 Å². The first-order valence-electron chi connectivity index (χ1n) is 6.24. The lowest BCUT2D eigenvalue weighted by Crippen LogP contribution is -2.17. The second kappa shape index (κ2) is 5.74. The van der Waals surface area contributed by atoms with Crippen LogP contribution >= 0.6 is 0 Å². The molecule has 1 aromatic carbocycles. The minimum Gasteiger partial charge on any atom is -0.454 e. The van der Waals surface area contributed by atoms with Crippen molar-refractivity contribution < 1.29 is 31.7 Å². The molecule has 0 saturated heterocycles. The van der Waals surface area contributed by atoms with Crippen molar-refractivity contribution in [2.24, 2.45) is 5.10 Å². The molecular formula is C13H10N2O7S. The van der Waals surface area contributed by atoms with E-state index < -0.39 is 21.1 Å². The first-order valence-corrected chi connectivity index (χ1v) is 7.68. The number of nitrogens with zero attached hydrogens (tertiary/aromatic N) is 1. The average molecular weight is 338 g/mol. The number of ether oxygens (including phenoxy) is 2. The Labute approximate surface area is 130 Å². The molecule has 23 heavy (non-hydrogen) atoms. The van der Waals surface area contributed by atoms with Crippen molar-refractivity contribution in [3.63, 3.8) is 0 Å². The largest absolute Gasteiger partial charge is 0.454 e. The molecule has 0 aliphatic carbocycles. The molecule has 1 aliphatic rings. The van der Waals surface area contributed by atoms with Crippen LogP contribution in [0.15, 0.2) is 44.9 Å². The van der Waals surface area contributed by atoms with Crippen LogP contribution in [0.25, 0.3) is 0 Å². The lowest BCUT2D eigenvalue weighted by molar-refractivity contribution is 0.0954. The maximum Gasteiger partial charge on any atom is 0.328 e. The molecule has 1 amide bonds. The first-order chi connectivity index (χ1) is 10.9. The molecule has 2 N–H and O–H groups in total. The number of rotatable bonds is 4. The van der Waals surface area contributed by atoms with Crippen LogP contribution in [0.2, 0.25) is 0 Å². The second-order valence-corrected chi connectivity index (χ2v) is 5.75. The number of carbonyl (C=O) groups excluding carboxylic acids is 1. The van der Waals surface area contributed by atoms with E-state index in [1.165, 1.54) is 12.1 Å². The third-order valence-corrected chi connectivity index (χ3v) is 3.58. The van der Waals surface area contributed by atoms with Crippen LogP contribution in [0.1, 0.15) is 16.1 Å². The summed E-state index contributed by atoms with van der Waals surface area (Å²) in [6.07, 6.45) is 1.10. The zero-order valence-electron chi connectivity index (χ0n) is 11.4. The van der Waals surface area contributed by atoms with Gasteiger partial charge in [-0.15, -0.1) is 0 Å². The van der Waals surface area contributed by atoms with Gasteiger partial charge in [-0.05, 0) is 30.3 Å². The zero-order chi connectivity index (χ0) is 16.4. The van der Waals surface area contributed by atoms with Gasteiger partial charge in [0.05, 0.1) is 6.21 Å². The molecule has 0 saturated carbocycles. The number of benzene rings is 1. The van der Waals surface area contributed by atoms with E-state index in [9.17, 15) is 13.2 Å². The summed E-state index contributed by atoms with van der Waals surface area (Å²) in [5.41, 5.74) is 2.56. The van der Waals surface area contributed by atoms with Gasteiger partial charge in [-0.3, -0.25) is 9.35 Å². The van der Waals surface area contributed by atoms with Crippen molar-refractivity contribution >= 4 is 22.2 Å². The number of amides is 1. The second-order valence-electron chi connectivity index (χ2n) is 4.40. The summed E-state index contributed by atoms with van der Waals surface area (Å²) in [4.78, 5) is 11.9. The van der Waals surface area contributed by atoms with Gasteiger partial charge in [0.25, 0.3) is 5.91 Å². The fraction of sp³-hybridized carbons (Fsp3) is 0.0769. The number of hydrogen-bond donors (Lipinski definition) is 2. The molecular weight excluding hydrogens is 328 g/mol. The third-order valence-electron chi connectivity index (χ3n) is 2.85.